The van der Waals surface area contributed by atoms with Crippen LogP contribution in [0.1, 0.15) is 29.9 Å². The van der Waals surface area contributed by atoms with E-state index in [1.165, 1.54) is 10.4 Å². The van der Waals surface area contributed by atoms with Gasteiger partial charge < -0.3 is 4.74 Å². The van der Waals surface area contributed by atoms with Crippen LogP contribution in [-0.4, -0.2) is 34.1 Å². The summed E-state index contributed by atoms with van der Waals surface area (Å²) in [6.07, 6.45) is 0.890. The largest absolute Gasteiger partial charge is 0.494 e. The normalized spacial score (nSPS) is 13.9. The minimum atomic E-state index is 0.00946. The second-order valence-electron chi connectivity index (χ2n) is 8.18. The van der Waals surface area contributed by atoms with Gasteiger partial charge in [0.05, 0.1) is 17.7 Å². The average Bonchev–Trinajstić information content (AvgIpc) is 3.22. The molecular weight excluding hydrogens is 486 g/mol. The summed E-state index contributed by atoms with van der Waals surface area (Å²) in [5.41, 5.74) is 3.12. The molecule has 4 aromatic rings. The summed E-state index contributed by atoms with van der Waals surface area (Å²) in [4.78, 5) is 23.5. The Bertz CT molecular complexity index is 1360. The lowest BCUT2D eigenvalue weighted by Crippen LogP contribution is -2.30. The molecule has 0 amide bonds. The average molecular weight is 512 g/mol. The van der Waals surface area contributed by atoms with Crippen molar-refractivity contribution in [2.24, 2.45) is 0 Å². The maximum atomic E-state index is 14.0. The minimum absolute atomic E-state index is 0.00946. The molecule has 5 rings (SSSR count). The van der Waals surface area contributed by atoms with Crippen molar-refractivity contribution in [2.75, 3.05) is 19.7 Å². The summed E-state index contributed by atoms with van der Waals surface area (Å²) in [7, 11) is 0. The van der Waals surface area contributed by atoms with Gasteiger partial charge in [-0.1, -0.05) is 42.4 Å². The fourth-order valence-corrected chi connectivity index (χ4v) is 6.66. The van der Waals surface area contributed by atoms with E-state index < -0.39 is 0 Å². The monoisotopic (exact) mass is 511 g/mol. The van der Waals surface area contributed by atoms with Crippen molar-refractivity contribution in [3.63, 3.8) is 0 Å². The molecule has 2 aromatic carbocycles. The van der Waals surface area contributed by atoms with E-state index in [1.807, 2.05) is 55.5 Å². The first-order valence-electron chi connectivity index (χ1n) is 11.5. The Labute approximate surface area is 212 Å². The van der Waals surface area contributed by atoms with Crippen molar-refractivity contribution in [1.29, 1.82) is 0 Å². The summed E-state index contributed by atoms with van der Waals surface area (Å²) in [5, 5.41) is 2.19. The van der Waals surface area contributed by atoms with Gasteiger partial charge in [0, 0.05) is 28.7 Å². The van der Waals surface area contributed by atoms with Crippen LogP contribution in [0.4, 0.5) is 0 Å². The zero-order chi connectivity index (χ0) is 23.7. The molecule has 5 nitrogen and oxygen atoms in total. The number of halogens is 1. The Morgan fingerprint density at radius 1 is 1.12 bits per heavy atom. The number of ether oxygens (including phenoxy) is 1. The van der Waals surface area contributed by atoms with Gasteiger partial charge in [-0.25, -0.2) is 4.98 Å². The number of thioether (sulfide) groups is 1. The van der Waals surface area contributed by atoms with Crippen LogP contribution < -0.4 is 10.3 Å². The van der Waals surface area contributed by atoms with E-state index in [0.29, 0.717) is 22.5 Å². The fourth-order valence-electron chi connectivity index (χ4n) is 4.26. The molecule has 34 heavy (non-hydrogen) atoms. The zero-order valence-corrected chi connectivity index (χ0v) is 21.6. The molecule has 0 spiro atoms. The molecule has 0 aliphatic carbocycles. The third-order valence-corrected chi connectivity index (χ3v) is 8.43. The number of aromatic nitrogens is 2. The van der Waals surface area contributed by atoms with E-state index in [4.69, 9.17) is 21.3 Å². The van der Waals surface area contributed by atoms with Crippen molar-refractivity contribution in [2.45, 2.75) is 37.7 Å². The van der Waals surface area contributed by atoms with E-state index >= 15 is 0 Å². The van der Waals surface area contributed by atoms with Crippen LogP contribution >= 0.6 is 34.7 Å². The van der Waals surface area contributed by atoms with Crippen molar-refractivity contribution >= 4 is 44.9 Å². The maximum Gasteiger partial charge on any atom is 0.267 e. The Kier molecular flexibility index (Phi) is 6.97. The summed E-state index contributed by atoms with van der Waals surface area (Å²) in [5.74, 6) is 1.48. The first-order valence-corrected chi connectivity index (χ1v) is 13.7. The predicted octanol–water partition coefficient (Wildman–Crippen LogP) is 6.17. The summed E-state index contributed by atoms with van der Waals surface area (Å²) >= 11 is 9.28. The molecular formula is C26H26ClN3O2S2. The van der Waals surface area contributed by atoms with Crippen LogP contribution in [0.2, 0.25) is 5.02 Å². The highest BCUT2D eigenvalue weighted by Crippen LogP contribution is 2.35. The molecule has 0 saturated carbocycles. The third kappa shape index (κ3) is 4.62. The Morgan fingerprint density at radius 2 is 1.88 bits per heavy atom. The zero-order valence-electron chi connectivity index (χ0n) is 19.2. The fraction of sp³-hybridized carbons (Fsp3) is 0.308. The lowest BCUT2D eigenvalue weighted by atomic mass is 10.1. The molecule has 3 heterocycles. The topological polar surface area (TPSA) is 47.4 Å². The van der Waals surface area contributed by atoms with Gasteiger partial charge in [0.2, 0.25) is 0 Å². The van der Waals surface area contributed by atoms with Crippen LogP contribution in [0.5, 0.6) is 5.75 Å². The van der Waals surface area contributed by atoms with Crippen LogP contribution in [0, 0.1) is 0 Å². The van der Waals surface area contributed by atoms with Crippen molar-refractivity contribution in [3.05, 3.63) is 79.9 Å². The first kappa shape index (κ1) is 23.4. The van der Waals surface area contributed by atoms with Crippen molar-refractivity contribution in [1.82, 2.24) is 14.5 Å². The van der Waals surface area contributed by atoms with Crippen LogP contribution in [0.15, 0.2) is 58.5 Å². The van der Waals surface area contributed by atoms with Gasteiger partial charge in [-0.2, -0.15) is 0 Å². The number of hydrogen-bond acceptors (Lipinski definition) is 6. The Balaban J connectivity index is 1.61. The molecule has 0 saturated heterocycles. The molecule has 176 valence electrons. The number of thiophene rings is 1. The van der Waals surface area contributed by atoms with Crippen LogP contribution in [0.25, 0.3) is 15.9 Å². The predicted molar refractivity (Wildman–Crippen MR) is 142 cm³/mol. The molecule has 0 atom stereocenters. The Hall–Kier alpha value is -2.32. The molecule has 0 N–H and O–H groups in total. The van der Waals surface area contributed by atoms with Gasteiger partial charge in [0.25, 0.3) is 5.56 Å². The van der Waals surface area contributed by atoms with E-state index in [9.17, 15) is 4.79 Å². The second kappa shape index (κ2) is 10.1. The van der Waals surface area contributed by atoms with Gasteiger partial charge in [0.15, 0.2) is 5.16 Å². The number of hydrogen-bond donors (Lipinski definition) is 0. The summed E-state index contributed by atoms with van der Waals surface area (Å²) < 4.78 is 7.36. The lowest BCUT2D eigenvalue weighted by Gasteiger charge is -2.25. The smallest absolute Gasteiger partial charge is 0.267 e. The van der Waals surface area contributed by atoms with Gasteiger partial charge in [0.1, 0.15) is 10.6 Å². The van der Waals surface area contributed by atoms with E-state index in [-0.39, 0.29) is 5.56 Å². The summed E-state index contributed by atoms with van der Waals surface area (Å²) in [6, 6.07) is 15.5. The van der Waals surface area contributed by atoms with Crippen LogP contribution in [0.3, 0.4) is 0 Å². The van der Waals surface area contributed by atoms with E-state index in [1.54, 1.807) is 27.7 Å². The van der Waals surface area contributed by atoms with E-state index in [0.717, 1.165) is 53.3 Å². The quantitative estimate of drug-likeness (QED) is 0.219. The second-order valence-corrected chi connectivity index (χ2v) is 10.6. The van der Waals surface area contributed by atoms with Gasteiger partial charge in [-0.05, 0) is 67.4 Å². The van der Waals surface area contributed by atoms with Gasteiger partial charge >= 0.3 is 0 Å². The first-order chi connectivity index (χ1) is 16.6. The molecule has 2 aromatic heterocycles. The lowest BCUT2D eigenvalue weighted by molar-refractivity contribution is 0.272. The number of nitrogens with zero attached hydrogens (tertiary/aromatic N) is 3. The molecule has 0 bridgehead atoms. The standard InChI is InChI=1S/C26H26ClN3O2S2/c1-3-29-14-13-21-22(15-29)34-24-23(21)25(31)30(19-9-11-20(12-10-19)32-4-2)26(28-24)33-16-17-5-7-18(27)8-6-17/h5-12H,3-4,13-16H2,1-2H3. The molecule has 0 unspecified atom stereocenters. The molecule has 1 aliphatic rings. The minimum Gasteiger partial charge on any atom is -0.494 e. The maximum absolute atomic E-state index is 14.0. The number of fused-ring (bicyclic) bond motifs is 3. The number of likely N-dealkylation sites (N-methyl/N-ethyl adjacent to an activating group) is 1. The van der Waals surface area contributed by atoms with Crippen molar-refractivity contribution in [3.8, 4) is 11.4 Å². The SMILES string of the molecule is CCOc1ccc(-n2c(SCc3ccc(Cl)cc3)nc3sc4c(c3c2=O)CCN(CC)C4)cc1. The van der Waals surface area contributed by atoms with Gasteiger partial charge in [-0.3, -0.25) is 14.3 Å². The highest BCUT2D eigenvalue weighted by Gasteiger charge is 2.25. The van der Waals surface area contributed by atoms with Gasteiger partial charge in [-0.15, -0.1) is 11.3 Å². The molecule has 0 radical (unpaired) electrons. The molecule has 0 fully saturated rings. The van der Waals surface area contributed by atoms with Crippen LogP contribution in [-0.2, 0) is 18.7 Å². The number of rotatable bonds is 7. The number of benzene rings is 2. The highest BCUT2D eigenvalue weighted by atomic mass is 35.5. The summed E-state index contributed by atoms with van der Waals surface area (Å²) in [6.45, 7) is 7.63. The van der Waals surface area contributed by atoms with Crippen molar-refractivity contribution < 1.29 is 4.74 Å². The molecule has 1 aliphatic heterocycles. The third-order valence-electron chi connectivity index (χ3n) is 6.06. The highest BCUT2D eigenvalue weighted by molar-refractivity contribution is 7.98. The van der Waals surface area contributed by atoms with E-state index in [2.05, 4.69) is 11.8 Å². The molecule has 8 heteroatoms. The Morgan fingerprint density at radius 3 is 2.59 bits per heavy atom.